The van der Waals surface area contributed by atoms with E-state index in [9.17, 15) is 39.0 Å². The number of carbonyl (C=O) groups excluding carboxylic acids is 5. The molecule has 0 saturated heterocycles. The molecule has 14 nitrogen and oxygen atoms in total. The molecule has 6 rings (SSSR count). The maximum absolute atomic E-state index is 14.6. The number of phenols is 1. The number of hydrogen-bond donors (Lipinski definition) is 7. The summed E-state index contributed by atoms with van der Waals surface area (Å²) in [5.41, 5.74) is 5.21. The van der Waals surface area contributed by atoms with Crippen molar-refractivity contribution in [1.29, 1.82) is 0 Å². The maximum Gasteiger partial charge on any atom is 0.408 e. The monoisotopic (exact) mass is 793 g/mol. The van der Waals surface area contributed by atoms with Gasteiger partial charge < -0.3 is 42.0 Å². The van der Waals surface area contributed by atoms with Crippen LogP contribution in [0.25, 0.3) is 0 Å². The van der Waals surface area contributed by atoms with Crippen molar-refractivity contribution < 1.29 is 43.7 Å². The molecule has 0 heterocycles. The average Bonchev–Trinajstić information content (AvgIpc) is 3.11. The van der Waals surface area contributed by atoms with Crippen LogP contribution in [0.3, 0.4) is 0 Å². The fraction of sp³-hybridized carbons (Fsp3) is 0.561. The van der Waals surface area contributed by atoms with Crippen LogP contribution in [0.2, 0.25) is 0 Å². The van der Waals surface area contributed by atoms with Crippen LogP contribution in [0, 0.1) is 23.2 Å². The van der Waals surface area contributed by atoms with Crippen LogP contribution in [-0.2, 0) is 41.6 Å². The molecule has 0 aromatic heterocycles. The summed E-state index contributed by atoms with van der Waals surface area (Å²) in [6, 6.07) is 11.9. The number of amides is 4. The molecule has 15 heteroatoms. The zero-order valence-corrected chi connectivity index (χ0v) is 33.3. The Morgan fingerprint density at radius 1 is 0.839 bits per heavy atom. The molecule has 0 radical (unpaired) electrons. The molecular weight excluding hydrogens is 739 g/mol. The number of rotatable bonds is 17. The number of aromatic hydroxyl groups is 1. The molecule has 4 amide bonds. The van der Waals surface area contributed by atoms with E-state index in [1.54, 1.807) is 32.9 Å². The normalized spacial score (nSPS) is 25.3. The topological polar surface area (TPSA) is 226 Å². The molecule has 0 aliphatic heterocycles. The fourth-order valence-corrected chi connectivity index (χ4v) is 9.68. The molecule has 4 aliphatic carbocycles. The van der Waals surface area contributed by atoms with Gasteiger partial charge in [-0.05, 0) is 113 Å². The molecule has 0 spiro atoms. The van der Waals surface area contributed by atoms with Crippen LogP contribution in [0.15, 0.2) is 54.6 Å². The number of phenolic OH excluding ortho intramolecular Hbond substituents is 1. The van der Waals surface area contributed by atoms with Crippen molar-refractivity contribution in [2.24, 2.45) is 28.9 Å². The first kappa shape index (κ1) is 42.5. The molecule has 4 saturated carbocycles. The van der Waals surface area contributed by atoms with E-state index >= 15 is 0 Å². The Hall–Kier alpha value is -4.63. The number of carbonyl (C=O) groups is 6. The van der Waals surface area contributed by atoms with Gasteiger partial charge in [0.15, 0.2) is 5.78 Å². The van der Waals surface area contributed by atoms with Crippen molar-refractivity contribution in [2.45, 2.75) is 101 Å². The van der Waals surface area contributed by atoms with Gasteiger partial charge in [0.1, 0.15) is 23.4 Å². The molecular formula is C41H55N5O9S. The standard InChI is InChI=1S/C41H55N5O9S/c1-39(2,3)55-38(54)46-31(18-25-10-12-28(47)13-11-25)36(51)45-29(14-15-56-4)35(50)43-23-32(48)44-30(17-24-8-6-5-7-9-24)33(49)34-40(37(52)53)19-26-16-27(20-40)22-41(34,42)21-26/h5-13,26-27,29-31,34,47H,14-23,42H2,1-4H3,(H,43,50)(H,44,48)(H,45,51)(H,46,54)(H,52,53)/t26?,27?,29-,30+,31+,34?,40?,41?/m1/s1. The lowest BCUT2D eigenvalue weighted by atomic mass is 9.41. The minimum atomic E-state index is -1.30. The van der Waals surface area contributed by atoms with Crippen molar-refractivity contribution in [3.05, 3.63) is 65.7 Å². The summed E-state index contributed by atoms with van der Waals surface area (Å²) in [6.45, 7) is 4.53. The van der Waals surface area contributed by atoms with Crippen molar-refractivity contribution in [2.75, 3.05) is 18.6 Å². The fourth-order valence-electron chi connectivity index (χ4n) is 9.21. The number of aliphatic carboxylic acids is 1. The molecule has 6 atom stereocenters. The Morgan fingerprint density at radius 2 is 1.45 bits per heavy atom. The second kappa shape index (κ2) is 17.7. The summed E-state index contributed by atoms with van der Waals surface area (Å²) in [7, 11) is 0. The van der Waals surface area contributed by atoms with Crippen LogP contribution in [-0.4, -0.2) is 93.6 Å². The number of carboxylic acid groups (broad SMARTS) is 1. The highest BCUT2D eigenvalue weighted by Crippen LogP contribution is 2.64. The third kappa shape index (κ3) is 10.4. The predicted octanol–water partition coefficient (Wildman–Crippen LogP) is 3.09. The molecule has 3 unspecified atom stereocenters. The van der Waals surface area contributed by atoms with E-state index in [2.05, 4.69) is 21.3 Å². The Morgan fingerprint density at radius 3 is 2.04 bits per heavy atom. The highest BCUT2D eigenvalue weighted by molar-refractivity contribution is 7.98. The largest absolute Gasteiger partial charge is 0.508 e. The van der Waals surface area contributed by atoms with Crippen LogP contribution in [0.1, 0.15) is 70.4 Å². The smallest absolute Gasteiger partial charge is 0.408 e. The molecule has 4 bridgehead atoms. The Labute approximate surface area is 331 Å². The van der Waals surface area contributed by atoms with Crippen LogP contribution < -0.4 is 27.0 Å². The first-order valence-corrected chi connectivity index (χ1v) is 20.5. The average molecular weight is 794 g/mol. The number of benzene rings is 2. The lowest BCUT2D eigenvalue weighted by Crippen LogP contribution is -2.72. The second-order valence-corrected chi connectivity index (χ2v) is 17.7. The molecule has 2 aromatic carbocycles. The Balaban J connectivity index is 1.29. The molecule has 2 aromatic rings. The van der Waals surface area contributed by atoms with Crippen molar-refractivity contribution in [3.63, 3.8) is 0 Å². The number of alkyl carbamates (subject to hydrolysis) is 1. The summed E-state index contributed by atoms with van der Waals surface area (Å²) in [4.78, 5) is 81.1. The Kier molecular flexibility index (Phi) is 13.4. The van der Waals surface area contributed by atoms with Crippen LogP contribution in [0.5, 0.6) is 5.75 Å². The molecule has 4 fully saturated rings. The molecule has 56 heavy (non-hydrogen) atoms. The number of nitrogens with two attached hydrogens (primary N) is 1. The number of Topliss-reactive ketones (excluding diaryl/α,β-unsaturated/α-hetero) is 1. The molecule has 8 N–H and O–H groups in total. The van der Waals surface area contributed by atoms with Gasteiger partial charge in [-0.15, -0.1) is 0 Å². The number of hydrogen-bond acceptors (Lipinski definition) is 10. The molecule has 4 aliphatic rings. The number of carboxylic acids is 1. The summed E-state index contributed by atoms with van der Waals surface area (Å²) >= 11 is 1.45. The third-order valence-corrected chi connectivity index (χ3v) is 11.8. The van der Waals surface area contributed by atoms with E-state index in [1.165, 1.54) is 23.9 Å². The summed E-state index contributed by atoms with van der Waals surface area (Å²) in [6.07, 6.45) is 4.13. The number of thioether (sulfide) groups is 1. The van der Waals surface area contributed by atoms with Crippen molar-refractivity contribution in [1.82, 2.24) is 21.3 Å². The maximum atomic E-state index is 14.6. The number of ketones is 1. The summed E-state index contributed by atoms with van der Waals surface area (Å²) in [5.74, 6) is -3.62. The highest BCUT2D eigenvalue weighted by atomic mass is 32.2. The summed E-state index contributed by atoms with van der Waals surface area (Å²) in [5, 5.41) is 31.0. The summed E-state index contributed by atoms with van der Waals surface area (Å²) < 4.78 is 5.38. The minimum absolute atomic E-state index is 0.0248. The van der Waals surface area contributed by atoms with Gasteiger partial charge in [-0.1, -0.05) is 42.5 Å². The first-order chi connectivity index (χ1) is 26.4. The SMILES string of the molecule is CSCC[C@@H](NC(=O)[C@H](Cc1ccc(O)cc1)NC(=O)OC(C)(C)C)C(=O)NCC(=O)N[C@@H](Cc1ccccc1)C(=O)C1C2(N)CC3CC(C2)CC1(C(=O)O)C3. The Bertz CT molecular complexity index is 1750. The van der Waals surface area contributed by atoms with Gasteiger partial charge in [-0.25, -0.2) is 4.79 Å². The van der Waals surface area contributed by atoms with E-state index < -0.39 is 82.7 Å². The predicted molar refractivity (Wildman–Crippen MR) is 211 cm³/mol. The third-order valence-electron chi connectivity index (χ3n) is 11.2. The van der Waals surface area contributed by atoms with E-state index in [1.807, 2.05) is 36.6 Å². The van der Waals surface area contributed by atoms with Gasteiger partial charge in [0.2, 0.25) is 17.7 Å². The van der Waals surface area contributed by atoms with E-state index in [-0.39, 0.29) is 36.8 Å². The highest BCUT2D eigenvalue weighted by Gasteiger charge is 2.68. The minimum Gasteiger partial charge on any atom is -0.508 e. The van der Waals surface area contributed by atoms with Crippen LogP contribution in [0.4, 0.5) is 4.79 Å². The van der Waals surface area contributed by atoms with E-state index in [4.69, 9.17) is 10.5 Å². The van der Waals surface area contributed by atoms with Gasteiger partial charge in [-0.2, -0.15) is 11.8 Å². The molecule has 304 valence electrons. The lowest BCUT2D eigenvalue weighted by molar-refractivity contribution is -0.185. The van der Waals surface area contributed by atoms with Gasteiger partial charge in [0.25, 0.3) is 0 Å². The number of ether oxygens (including phenoxy) is 1. The van der Waals surface area contributed by atoms with Crippen LogP contribution >= 0.6 is 11.8 Å². The van der Waals surface area contributed by atoms with Gasteiger partial charge in [0.05, 0.1) is 23.9 Å². The lowest BCUT2D eigenvalue weighted by Gasteiger charge is -2.63. The second-order valence-electron chi connectivity index (χ2n) is 16.8. The first-order valence-electron chi connectivity index (χ1n) is 19.1. The zero-order chi connectivity index (χ0) is 40.8. The van der Waals surface area contributed by atoms with Gasteiger partial charge in [-0.3, -0.25) is 24.0 Å². The van der Waals surface area contributed by atoms with E-state index in [0.29, 0.717) is 37.0 Å². The zero-order valence-electron chi connectivity index (χ0n) is 32.5. The van der Waals surface area contributed by atoms with Gasteiger partial charge >= 0.3 is 12.1 Å². The van der Waals surface area contributed by atoms with Crippen molar-refractivity contribution in [3.8, 4) is 5.75 Å². The van der Waals surface area contributed by atoms with E-state index in [0.717, 1.165) is 12.0 Å². The van der Waals surface area contributed by atoms with Gasteiger partial charge in [0, 0.05) is 12.0 Å². The van der Waals surface area contributed by atoms with Crippen molar-refractivity contribution >= 4 is 47.3 Å². The number of nitrogens with one attached hydrogen (secondary N) is 4. The quantitative estimate of drug-likeness (QED) is 0.123.